The van der Waals surface area contributed by atoms with E-state index in [4.69, 9.17) is 5.73 Å². The average Bonchev–Trinajstić information content (AvgIpc) is 2.98. The molecule has 1 aromatic rings. The van der Waals surface area contributed by atoms with Crippen LogP contribution < -0.4 is 10.5 Å². The van der Waals surface area contributed by atoms with Crippen molar-refractivity contribution in [1.29, 1.82) is 0 Å². The number of alkyl halides is 3. The highest BCUT2D eigenvalue weighted by atomic mass is 35.5. The molecule has 0 amide bonds. The molecule has 1 saturated carbocycles. The second kappa shape index (κ2) is 7.83. The van der Waals surface area contributed by atoms with Crippen LogP contribution in [-0.2, 0) is 16.2 Å². The van der Waals surface area contributed by atoms with Gasteiger partial charge in [0.15, 0.2) is 0 Å². The summed E-state index contributed by atoms with van der Waals surface area (Å²) in [6, 6.07) is 3.28. The van der Waals surface area contributed by atoms with Gasteiger partial charge in [-0.15, -0.1) is 12.4 Å². The highest BCUT2D eigenvalue weighted by Crippen LogP contribution is 2.31. The maximum absolute atomic E-state index is 12.7. The first kappa shape index (κ1) is 20.2. The van der Waals surface area contributed by atoms with E-state index in [2.05, 4.69) is 4.72 Å². The summed E-state index contributed by atoms with van der Waals surface area (Å²) in [6.07, 6.45) is -0.775. The topological polar surface area (TPSA) is 72.2 Å². The number of sulfonamides is 1. The lowest BCUT2D eigenvalue weighted by Crippen LogP contribution is -2.44. The van der Waals surface area contributed by atoms with Crippen LogP contribution in [0.2, 0.25) is 0 Å². The van der Waals surface area contributed by atoms with Gasteiger partial charge in [-0.2, -0.15) is 13.2 Å². The minimum absolute atomic E-state index is 0. The Labute approximate surface area is 140 Å². The van der Waals surface area contributed by atoms with Gasteiger partial charge in [0.25, 0.3) is 0 Å². The molecule has 1 aliphatic rings. The van der Waals surface area contributed by atoms with Gasteiger partial charge in [-0.3, -0.25) is 0 Å². The third kappa shape index (κ3) is 5.07. The SMILES string of the molecule is Cl.NCC(NS(=O)(=O)c1cccc(C(F)(F)F)c1)C1CCCC1. The third-order valence-corrected chi connectivity index (χ3v) is 5.49. The first-order chi connectivity index (χ1) is 10.2. The normalized spacial score (nSPS) is 17.7. The van der Waals surface area contributed by atoms with Gasteiger partial charge in [-0.1, -0.05) is 18.9 Å². The number of hydrogen-bond acceptors (Lipinski definition) is 3. The predicted octanol–water partition coefficient (Wildman–Crippen LogP) is 2.92. The van der Waals surface area contributed by atoms with Gasteiger partial charge in [0.2, 0.25) is 10.0 Å². The molecule has 0 radical (unpaired) electrons. The second-order valence-corrected chi connectivity index (χ2v) is 7.25. The largest absolute Gasteiger partial charge is 0.416 e. The van der Waals surface area contributed by atoms with Crippen LogP contribution in [0, 0.1) is 5.92 Å². The Morgan fingerprint density at radius 3 is 2.39 bits per heavy atom. The van der Waals surface area contributed by atoms with Crippen molar-refractivity contribution in [2.75, 3.05) is 6.54 Å². The summed E-state index contributed by atoms with van der Waals surface area (Å²) < 4.78 is 65.2. The van der Waals surface area contributed by atoms with Crippen LogP contribution in [0.5, 0.6) is 0 Å². The Morgan fingerprint density at radius 1 is 1.26 bits per heavy atom. The van der Waals surface area contributed by atoms with Crippen molar-refractivity contribution in [3.8, 4) is 0 Å². The van der Waals surface area contributed by atoms with Gasteiger partial charge < -0.3 is 5.73 Å². The van der Waals surface area contributed by atoms with Crippen LogP contribution in [0.25, 0.3) is 0 Å². The summed E-state index contributed by atoms with van der Waals surface area (Å²) in [4.78, 5) is -0.390. The minimum Gasteiger partial charge on any atom is -0.329 e. The fraction of sp³-hybridized carbons (Fsp3) is 0.571. The third-order valence-electron chi connectivity index (χ3n) is 4.00. The lowest BCUT2D eigenvalue weighted by atomic mass is 9.99. The molecule has 3 N–H and O–H groups in total. The number of halogens is 4. The minimum atomic E-state index is -4.58. The first-order valence-electron chi connectivity index (χ1n) is 7.13. The van der Waals surface area contributed by atoms with Crippen LogP contribution in [0.4, 0.5) is 13.2 Å². The molecule has 0 bridgehead atoms. The van der Waals surface area contributed by atoms with Crippen LogP contribution in [-0.4, -0.2) is 21.0 Å². The molecule has 0 aliphatic heterocycles. The van der Waals surface area contributed by atoms with E-state index < -0.39 is 32.7 Å². The van der Waals surface area contributed by atoms with Gasteiger partial charge in [-0.25, -0.2) is 13.1 Å². The van der Waals surface area contributed by atoms with E-state index in [0.717, 1.165) is 43.9 Å². The standard InChI is InChI=1S/C14H19F3N2O2S.ClH/c15-14(16,17)11-6-3-7-12(8-11)22(20,21)19-13(9-18)10-4-1-2-5-10;/h3,6-8,10,13,19H,1-2,4-5,9,18H2;1H. The molecular formula is C14H20ClF3N2O2S. The van der Waals surface area contributed by atoms with E-state index in [1.807, 2.05) is 0 Å². The zero-order chi connectivity index (χ0) is 16.4. The van der Waals surface area contributed by atoms with Gasteiger partial charge in [0.1, 0.15) is 0 Å². The van der Waals surface area contributed by atoms with Crippen LogP contribution in [0.15, 0.2) is 29.2 Å². The monoisotopic (exact) mass is 372 g/mol. The maximum Gasteiger partial charge on any atom is 0.416 e. The van der Waals surface area contributed by atoms with Gasteiger partial charge in [0.05, 0.1) is 10.5 Å². The lowest BCUT2D eigenvalue weighted by molar-refractivity contribution is -0.137. The second-order valence-electron chi connectivity index (χ2n) is 5.53. The molecule has 1 aliphatic carbocycles. The quantitative estimate of drug-likeness (QED) is 0.834. The molecule has 4 nitrogen and oxygen atoms in total. The van der Waals surface area contributed by atoms with Crippen molar-refractivity contribution in [2.24, 2.45) is 11.7 Å². The highest BCUT2D eigenvalue weighted by molar-refractivity contribution is 7.89. The van der Waals surface area contributed by atoms with Crippen LogP contribution in [0.3, 0.4) is 0 Å². The summed E-state index contributed by atoms with van der Waals surface area (Å²) in [6.45, 7) is 0.128. The Kier molecular flexibility index (Phi) is 6.88. The lowest BCUT2D eigenvalue weighted by Gasteiger charge is -2.23. The molecular weight excluding hydrogens is 353 g/mol. The van der Waals surface area contributed by atoms with E-state index in [1.54, 1.807) is 0 Å². The van der Waals surface area contributed by atoms with Crippen molar-refractivity contribution < 1.29 is 21.6 Å². The van der Waals surface area contributed by atoms with E-state index in [1.165, 1.54) is 0 Å². The molecule has 2 rings (SSSR count). The smallest absolute Gasteiger partial charge is 0.329 e. The Bertz CT molecular complexity index is 617. The Balaban J connectivity index is 0.00000264. The van der Waals surface area contributed by atoms with E-state index in [0.29, 0.717) is 6.07 Å². The fourth-order valence-electron chi connectivity index (χ4n) is 2.80. The van der Waals surface area contributed by atoms with Gasteiger partial charge >= 0.3 is 6.18 Å². The molecule has 0 aromatic heterocycles. The Hall–Kier alpha value is -0.830. The molecule has 9 heteroatoms. The number of nitrogens with two attached hydrogens (primary N) is 1. The molecule has 0 spiro atoms. The summed E-state index contributed by atoms with van der Waals surface area (Å²) in [5.41, 5.74) is 4.64. The molecule has 0 heterocycles. The van der Waals surface area contributed by atoms with Crippen molar-refractivity contribution in [3.63, 3.8) is 0 Å². The number of hydrogen-bond donors (Lipinski definition) is 2. The van der Waals surface area contributed by atoms with Crippen molar-refractivity contribution >= 4 is 22.4 Å². The first-order valence-corrected chi connectivity index (χ1v) is 8.62. The molecule has 1 unspecified atom stereocenters. The maximum atomic E-state index is 12.7. The molecule has 1 fully saturated rings. The predicted molar refractivity (Wildman–Crippen MR) is 83.8 cm³/mol. The summed E-state index contributed by atoms with van der Waals surface area (Å²) >= 11 is 0. The highest BCUT2D eigenvalue weighted by Gasteiger charge is 2.33. The molecule has 23 heavy (non-hydrogen) atoms. The summed E-state index contributed by atoms with van der Waals surface area (Å²) in [7, 11) is -4.02. The van der Waals surface area contributed by atoms with E-state index >= 15 is 0 Å². The summed E-state index contributed by atoms with van der Waals surface area (Å²) in [5, 5.41) is 0. The zero-order valence-electron chi connectivity index (χ0n) is 12.3. The Morgan fingerprint density at radius 2 is 1.87 bits per heavy atom. The van der Waals surface area contributed by atoms with Gasteiger partial charge in [-0.05, 0) is 37.0 Å². The van der Waals surface area contributed by atoms with Crippen molar-refractivity contribution in [1.82, 2.24) is 4.72 Å². The van der Waals surface area contributed by atoms with E-state index in [9.17, 15) is 21.6 Å². The van der Waals surface area contributed by atoms with Gasteiger partial charge in [0, 0.05) is 12.6 Å². The summed E-state index contributed by atoms with van der Waals surface area (Å²) in [5.74, 6) is 0.144. The number of benzene rings is 1. The number of rotatable bonds is 5. The fourth-order valence-corrected chi connectivity index (χ4v) is 4.17. The average molecular weight is 373 g/mol. The zero-order valence-corrected chi connectivity index (χ0v) is 14.0. The van der Waals surface area contributed by atoms with E-state index in [-0.39, 0.29) is 24.9 Å². The van der Waals surface area contributed by atoms with Crippen LogP contribution >= 0.6 is 12.4 Å². The van der Waals surface area contributed by atoms with Crippen LogP contribution in [0.1, 0.15) is 31.2 Å². The number of nitrogens with one attached hydrogen (secondary N) is 1. The van der Waals surface area contributed by atoms with Crippen molar-refractivity contribution in [3.05, 3.63) is 29.8 Å². The molecule has 1 aromatic carbocycles. The molecule has 0 saturated heterocycles. The molecule has 132 valence electrons. The van der Waals surface area contributed by atoms with Crippen molar-refractivity contribution in [2.45, 2.75) is 42.8 Å². The molecule has 1 atom stereocenters.